The summed E-state index contributed by atoms with van der Waals surface area (Å²) in [5, 5.41) is 13.8. The van der Waals surface area contributed by atoms with Gasteiger partial charge in [-0.3, -0.25) is 0 Å². The molecule has 0 amide bonds. The Balaban J connectivity index is 2.08. The molecule has 0 saturated heterocycles. The second kappa shape index (κ2) is 6.98. The average molecular weight is 277 g/mol. The van der Waals surface area contributed by atoms with Crippen molar-refractivity contribution in [2.45, 2.75) is 58.0 Å². The van der Waals surface area contributed by atoms with E-state index in [4.69, 9.17) is 4.74 Å². The molecule has 3 unspecified atom stereocenters. The lowest BCUT2D eigenvalue weighted by molar-refractivity contribution is 0.239. The summed E-state index contributed by atoms with van der Waals surface area (Å²) in [4.78, 5) is 0. The largest absolute Gasteiger partial charge is 0.508 e. The molecule has 20 heavy (non-hydrogen) atoms. The molecule has 2 rings (SSSR count). The van der Waals surface area contributed by atoms with Crippen molar-refractivity contribution in [1.82, 2.24) is 5.32 Å². The lowest BCUT2D eigenvalue weighted by Crippen LogP contribution is -2.39. The van der Waals surface area contributed by atoms with Gasteiger partial charge in [0.2, 0.25) is 0 Å². The summed E-state index contributed by atoms with van der Waals surface area (Å²) in [6.45, 7) is 4.40. The molecule has 1 aromatic carbocycles. The zero-order valence-electron chi connectivity index (χ0n) is 12.9. The Morgan fingerprint density at radius 2 is 2.10 bits per heavy atom. The van der Waals surface area contributed by atoms with Crippen molar-refractivity contribution in [1.29, 1.82) is 0 Å². The van der Waals surface area contributed by atoms with Crippen LogP contribution in [0.25, 0.3) is 0 Å². The Morgan fingerprint density at radius 1 is 1.35 bits per heavy atom. The average Bonchev–Trinajstić information content (AvgIpc) is 2.48. The van der Waals surface area contributed by atoms with Crippen molar-refractivity contribution < 1.29 is 9.84 Å². The number of methoxy groups -OCH3 is 1. The van der Waals surface area contributed by atoms with Gasteiger partial charge >= 0.3 is 0 Å². The van der Waals surface area contributed by atoms with Crippen LogP contribution < -0.4 is 10.1 Å². The van der Waals surface area contributed by atoms with Crippen molar-refractivity contribution >= 4 is 0 Å². The second-order valence-electron chi connectivity index (χ2n) is 5.87. The number of aromatic hydroxyl groups is 1. The molecule has 3 nitrogen and oxygen atoms in total. The number of hydrogen-bond donors (Lipinski definition) is 2. The Kier molecular flexibility index (Phi) is 5.30. The first kappa shape index (κ1) is 15.2. The number of phenols is 1. The van der Waals surface area contributed by atoms with Gasteiger partial charge in [-0.15, -0.1) is 0 Å². The number of phenolic OH excluding ortho intramolecular Hbond substituents is 1. The van der Waals surface area contributed by atoms with Crippen molar-refractivity contribution in [3.63, 3.8) is 0 Å². The third kappa shape index (κ3) is 3.45. The van der Waals surface area contributed by atoms with Gasteiger partial charge in [0.15, 0.2) is 0 Å². The SMILES string of the molecule is CCC1CCCCC1NC(C)c1cc(OC)ccc1O. The number of benzene rings is 1. The maximum atomic E-state index is 10.1. The van der Waals surface area contributed by atoms with Gasteiger partial charge < -0.3 is 15.2 Å². The van der Waals surface area contributed by atoms with E-state index in [2.05, 4.69) is 19.2 Å². The molecule has 112 valence electrons. The Hall–Kier alpha value is -1.22. The minimum absolute atomic E-state index is 0.141. The lowest BCUT2D eigenvalue weighted by atomic mass is 9.82. The van der Waals surface area contributed by atoms with Crippen molar-refractivity contribution in [2.24, 2.45) is 5.92 Å². The van der Waals surface area contributed by atoms with E-state index >= 15 is 0 Å². The molecular formula is C17H27NO2. The molecule has 1 aliphatic carbocycles. The molecule has 1 aliphatic rings. The highest BCUT2D eigenvalue weighted by Gasteiger charge is 2.25. The van der Waals surface area contributed by atoms with Gasteiger partial charge in [0.25, 0.3) is 0 Å². The maximum absolute atomic E-state index is 10.1. The molecular weight excluding hydrogens is 250 g/mol. The topological polar surface area (TPSA) is 41.5 Å². The summed E-state index contributed by atoms with van der Waals surface area (Å²) in [5.74, 6) is 1.90. The molecule has 0 aromatic heterocycles. The summed E-state index contributed by atoms with van der Waals surface area (Å²) in [6, 6.07) is 6.14. The molecule has 3 heteroatoms. The summed E-state index contributed by atoms with van der Waals surface area (Å²) in [7, 11) is 1.66. The van der Waals surface area contributed by atoms with Crippen LogP contribution in [-0.2, 0) is 0 Å². The highest BCUT2D eigenvalue weighted by atomic mass is 16.5. The molecule has 0 heterocycles. The number of ether oxygens (including phenoxy) is 1. The first-order valence-corrected chi connectivity index (χ1v) is 7.78. The molecule has 0 spiro atoms. The van der Waals surface area contributed by atoms with E-state index in [1.807, 2.05) is 6.07 Å². The molecule has 0 radical (unpaired) electrons. The smallest absolute Gasteiger partial charge is 0.120 e. The highest BCUT2D eigenvalue weighted by Crippen LogP contribution is 2.32. The fourth-order valence-electron chi connectivity index (χ4n) is 3.33. The van der Waals surface area contributed by atoms with E-state index < -0.39 is 0 Å². The van der Waals surface area contributed by atoms with Crippen molar-refractivity contribution in [2.75, 3.05) is 7.11 Å². The first-order chi connectivity index (χ1) is 9.65. The molecule has 2 N–H and O–H groups in total. The highest BCUT2D eigenvalue weighted by molar-refractivity contribution is 5.41. The molecule has 1 fully saturated rings. The Morgan fingerprint density at radius 3 is 2.80 bits per heavy atom. The van der Waals surface area contributed by atoms with E-state index in [0.717, 1.165) is 17.2 Å². The van der Waals surface area contributed by atoms with Crippen LogP contribution in [0.2, 0.25) is 0 Å². The van der Waals surface area contributed by atoms with Gasteiger partial charge in [0.05, 0.1) is 7.11 Å². The molecule has 3 atom stereocenters. The fourth-order valence-corrected chi connectivity index (χ4v) is 3.33. The summed E-state index contributed by atoms with van der Waals surface area (Å²) < 4.78 is 5.25. The van der Waals surface area contributed by atoms with Crippen LogP contribution in [0, 0.1) is 5.92 Å². The van der Waals surface area contributed by atoms with Crippen LogP contribution in [0.3, 0.4) is 0 Å². The molecule has 1 aromatic rings. The number of hydrogen-bond acceptors (Lipinski definition) is 3. The van der Waals surface area contributed by atoms with Gasteiger partial charge in [-0.25, -0.2) is 0 Å². The third-order valence-corrected chi connectivity index (χ3v) is 4.60. The van der Waals surface area contributed by atoms with E-state index in [1.165, 1.54) is 32.1 Å². The van der Waals surface area contributed by atoms with Gasteiger partial charge in [-0.05, 0) is 43.9 Å². The summed E-state index contributed by atoms with van der Waals surface area (Å²) in [6.07, 6.45) is 6.47. The van der Waals surface area contributed by atoms with Crippen LogP contribution >= 0.6 is 0 Å². The van der Waals surface area contributed by atoms with E-state index in [1.54, 1.807) is 19.2 Å². The predicted octanol–water partition coefficient (Wildman–Crippen LogP) is 4.02. The van der Waals surface area contributed by atoms with E-state index in [-0.39, 0.29) is 6.04 Å². The van der Waals surface area contributed by atoms with Crippen LogP contribution in [0.15, 0.2) is 18.2 Å². The quantitative estimate of drug-likeness (QED) is 0.854. The summed E-state index contributed by atoms with van der Waals surface area (Å²) in [5.41, 5.74) is 0.921. The van der Waals surface area contributed by atoms with Gasteiger partial charge in [0.1, 0.15) is 11.5 Å². The van der Waals surface area contributed by atoms with Crippen molar-refractivity contribution in [3.8, 4) is 11.5 Å². The second-order valence-corrected chi connectivity index (χ2v) is 5.87. The molecule has 0 aliphatic heterocycles. The minimum Gasteiger partial charge on any atom is -0.508 e. The number of rotatable bonds is 5. The normalized spacial score (nSPS) is 24.4. The van der Waals surface area contributed by atoms with Gasteiger partial charge in [-0.2, -0.15) is 0 Å². The minimum atomic E-state index is 0.141. The summed E-state index contributed by atoms with van der Waals surface area (Å²) >= 11 is 0. The Bertz CT molecular complexity index is 433. The van der Waals surface area contributed by atoms with Gasteiger partial charge in [0, 0.05) is 17.6 Å². The van der Waals surface area contributed by atoms with Crippen molar-refractivity contribution in [3.05, 3.63) is 23.8 Å². The van der Waals surface area contributed by atoms with Gasteiger partial charge in [-0.1, -0.05) is 26.2 Å². The van der Waals surface area contributed by atoms with Crippen LogP contribution in [0.1, 0.15) is 57.6 Å². The van der Waals surface area contributed by atoms with Crippen LogP contribution in [-0.4, -0.2) is 18.3 Å². The van der Waals surface area contributed by atoms with E-state index in [9.17, 15) is 5.11 Å². The fraction of sp³-hybridized carbons (Fsp3) is 0.647. The van der Waals surface area contributed by atoms with Crippen LogP contribution in [0.4, 0.5) is 0 Å². The molecule has 1 saturated carbocycles. The zero-order valence-corrected chi connectivity index (χ0v) is 12.9. The molecule has 0 bridgehead atoms. The lowest BCUT2D eigenvalue weighted by Gasteiger charge is -2.34. The van der Waals surface area contributed by atoms with Crippen LogP contribution in [0.5, 0.6) is 11.5 Å². The monoisotopic (exact) mass is 277 g/mol. The maximum Gasteiger partial charge on any atom is 0.120 e. The Labute approximate surface area is 122 Å². The zero-order chi connectivity index (χ0) is 14.5. The predicted molar refractivity (Wildman–Crippen MR) is 82.2 cm³/mol. The standard InChI is InChI=1S/C17H27NO2/c1-4-13-7-5-6-8-16(13)18-12(2)15-11-14(20-3)9-10-17(15)19/h9-13,16,18-19H,4-8H2,1-3H3. The number of nitrogens with one attached hydrogen (secondary N) is 1. The third-order valence-electron chi connectivity index (χ3n) is 4.60. The van der Waals surface area contributed by atoms with E-state index in [0.29, 0.717) is 11.8 Å². The first-order valence-electron chi connectivity index (χ1n) is 7.78.